The summed E-state index contributed by atoms with van der Waals surface area (Å²) in [6.45, 7) is 0.332. The van der Waals surface area contributed by atoms with Crippen LogP contribution >= 0.6 is 11.6 Å². The summed E-state index contributed by atoms with van der Waals surface area (Å²) in [6, 6.07) is 2.84. The van der Waals surface area contributed by atoms with Gasteiger partial charge in [0.25, 0.3) is 5.69 Å². The number of halogens is 1. The maximum Gasteiger partial charge on any atom is 0.321 e. The Morgan fingerprint density at radius 1 is 1.59 bits per heavy atom. The van der Waals surface area contributed by atoms with Gasteiger partial charge in [0.15, 0.2) is 0 Å². The highest BCUT2D eigenvalue weighted by atomic mass is 35.5. The molecule has 1 aromatic rings. The van der Waals surface area contributed by atoms with Crippen LogP contribution in [0.1, 0.15) is 5.56 Å². The van der Waals surface area contributed by atoms with Gasteiger partial charge in [-0.2, -0.15) is 0 Å². The molecule has 17 heavy (non-hydrogen) atoms. The largest absolute Gasteiger partial charge is 0.496 e. The van der Waals surface area contributed by atoms with E-state index in [4.69, 9.17) is 16.3 Å². The van der Waals surface area contributed by atoms with Crippen molar-refractivity contribution >= 4 is 28.3 Å². The molecule has 0 spiro atoms. The van der Waals surface area contributed by atoms with E-state index in [1.807, 2.05) is 0 Å². The number of anilines is 1. The van der Waals surface area contributed by atoms with Crippen LogP contribution in [-0.4, -0.2) is 23.9 Å². The number of hydrogen-bond acceptors (Lipinski definition) is 4. The number of ether oxygens (including phenoxy) is 1. The molecule has 90 valence electrons. The van der Waals surface area contributed by atoms with E-state index in [1.165, 1.54) is 24.1 Å². The molecule has 1 aliphatic rings. The Morgan fingerprint density at radius 2 is 2.29 bits per heavy atom. The van der Waals surface area contributed by atoms with E-state index in [0.717, 1.165) is 0 Å². The number of amides is 1. The van der Waals surface area contributed by atoms with Crippen LogP contribution in [0.25, 0.3) is 0 Å². The van der Waals surface area contributed by atoms with E-state index in [1.54, 1.807) is 0 Å². The predicted molar refractivity (Wildman–Crippen MR) is 61.9 cm³/mol. The maximum absolute atomic E-state index is 11.2. The van der Waals surface area contributed by atoms with Crippen molar-refractivity contribution in [1.29, 1.82) is 0 Å². The molecule has 0 atom stereocenters. The van der Waals surface area contributed by atoms with E-state index < -0.39 is 10.3 Å². The summed E-state index contributed by atoms with van der Waals surface area (Å²) < 4.78 is 5.12. The number of hydrogen-bond donors (Lipinski definition) is 0. The summed E-state index contributed by atoms with van der Waals surface area (Å²) in [7, 11) is 1.48. The van der Waals surface area contributed by atoms with Gasteiger partial charge in [-0.15, -0.1) is 0 Å². The van der Waals surface area contributed by atoms with E-state index in [-0.39, 0.29) is 11.4 Å². The second kappa shape index (κ2) is 4.21. The SMILES string of the molecule is COc1ccc([N+](=O)[O-])c2c1CCN2C(=O)Cl. The average Bonchev–Trinajstić information content (AvgIpc) is 2.71. The second-order valence-corrected chi connectivity index (χ2v) is 3.85. The third-order valence-electron chi connectivity index (χ3n) is 2.70. The quantitative estimate of drug-likeness (QED) is 0.352. The molecule has 6 nitrogen and oxygen atoms in total. The summed E-state index contributed by atoms with van der Waals surface area (Å²) >= 11 is 5.41. The third-order valence-corrected chi connectivity index (χ3v) is 2.91. The Hall–Kier alpha value is -1.82. The Labute approximate surface area is 102 Å². The average molecular weight is 257 g/mol. The number of benzene rings is 1. The van der Waals surface area contributed by atoms with Crippen molar-refractivity contribution in [2.45, 2.75) is 6.42 Å². The van der Waals surface area contributed by atoms with Crippen LogP contribution in [0, 0.1) is 10.1 Å². The minimum atomic E-state index is -0.722. The standard InChI is InChI=1S/C10H9ClN2O4/c1-17-8-3-2-7(13(15)16)9-6(8)4-5-12(9)10(11)14/h2-3H,4-5H2,1H3. The van der Waals surface area contributed by atoms with Crippen LogP contribution in [0.15, 0.2) is 12.1 Å². The molecular formula is C10H9ClN2O4. The Kier molecular flexibility index (Phi) is 2.89. The van der Waals surface area contributed by atoms with Crippen molar-refractivity contribution in [3.8, 4) is 5.75 Å². The van der Waals surface area contributed by atoms with Gasteiger partial charge in [0, 0.05) is 18.2 Å². The lowest BCUT2D eigenvalue weighted by atomic mass is 10.1. The highest BCUT2D eigenvalue weighted by Gasteiger charge is 2.33. The fourth-order valence-electron chi connectivity index (χ4n) is 2.00. The molecule has 2 rings (SSSR count). The molecule has 1 amide bonds. The van der Waals surface area contributed by atoms with Gasteiger partial charge in [-0.3, -0.25) is 19.8 Å². The van der Waals surface area contributed by atoms with Gasteiger partial charge >= 0.3 is 5.37 Å². The molecule has 0 fully saturated rings. The third kappa shape index (κ3) is 1.80. The lowest BCUT2D eigenvalue weighted by Crippen LogP contribution is -2.23. The molecule has 0 N–H and O–H groups in total. The first-order valence-electron chi connectivity index (χ1n) is 4.87. The molecule has 0 bridgehead atoms. The van der Waals surface area contributed by atoms with Gasteiger partial charge < -0.3 is 4.74 Å². The maximum atomic E-state index is 11.2. The van der Waals surface area contributed by atoms with Crippen molar-refractivity contribution < 1.29 is 14.5 Å². The van der Waals surface area contributed by atoms with Gasteiger partial charge in [0.1, 0.15) is 11.4 Å². The molecule has 1 aliphatic heterocycles. The zero-order chi connectivity index (χ0) is 12.6. The highest BCUT2D eigenvalue weighted by Crippen LogP contribution is 2.42. The number of methoxy groups -OCH3 is 1. The molecule has 1 heterocycles. The van der Waals surface area contributed by atoms with E-state index in [0.29, 0.717) is 24.3 Å². The summed E-state index contributed by atoms with van der Waals surface area (Å²) in [5, 5.41) is 10.2. The van der Waals surface area contributed by atoms with E-state index in [2.05, 4.69) is 0 Å². The van der Waals surface area contributed by atoms with Gasteiger partial charge in [-0.1, -0.05) is 0 Å². The fourth-order valence-corrected chi connectivity index (χ4v) is 2.17. The number of rotatable bonds is 2. The highest BCUT2D eigenvalue weighted by molar-refractivity contribution is 6.66. The summed E-state index contributed by atoms with van der Waals surface area (Å²) in [5.41, 5.74) is 0.761. The van der Waals surface area contributed by atoms with E-state index >= 15 is 0 Å². The number of nitro groups is 1. The summed E-state index contributed by atoms with van der Waals surface area (Å²) in [5.74, 6) is 0.533. The number of carbonyl (C=O) groups excluding carboxylic acids is 1. The minimum absolute atomic E-state index is 0.132. The number of carbonyl (C=O) groups is 1. The molecule has 0 aromatic heterocycles. The van der Waals surface area contributed by atoms with Crippen LogP contribution < -0.4 is 9.64 Å². The van der Waals surface area contributed by atoms with E-state index in [9.17, 15) is 14.9 Å². The van der Waals surface area contributed by atoms with Crippen molar-refractivity contribution in [3.63, 3.8) is 0 Å². The Morgan fingerprint density at radius 3 is 2.82 bits per heavy atom. The Bertz CT molecular complexity index is 503. The van der Waals surface area contributed by atoms with Gasteiger partial charge in [-0.05, 0) is 24.1 Å². The monoisotopic (exact) mass is 256 g/mol. The zero-order valence-electron chi connectivity index (χ0n) is 8.97. The summed E-state index contributed by atoms with van der Waals surface area (Å²) in [6.07, 6.45) is 0.499. The van der Waals surface area contributed by atoms with Crippen LogP contribution in [0.5, 0.6) is 5.75 Å². The number of nitrogens with zero attached hydrogens (tertiary/aromatic N) is 2. The first kappa shape index (κ1) is 11.7. The van der Waals surface area contributed by atoms with Crippen molar-refractivity contribution in [2.75, 3.05) is 18.6 Å². The molecule has 0 aliphatic carbocycles. The molecule has 0 saturated heterocycles. The first-order valence-corrected chi connectivity index (χ1v) is 5.25. The first-order chi connectivity index (χ1) is 8.06. The van der Waals surface area contributed by atoms with Gasteiger partial charge in [0.05, 0.1) is 12.0 Å². The topological polar surface area (TPSA) is 72.7 Å². The molecule has 7 heteroatoms. The van der Waals surface area contributed by atoms with Crippen LogP contribution in [0.2, 0.25) is 0 Å². The minimum Gasteiger partial charge on any atom is -0.496 e. The van der Waals surface area contributed by atoms with Crippen molar-refractivity contribution in [2.24, 2.45) is 0 Å². The Balaban J connectivity index is 2.64. The molecule has 0 radical (unpaired) electrons. The normalized spacial score (nSPS) is 13.4. The smallest absolute Gasteiger partial charge is 0.321 e. The predicted octanol–water partition coefficient (Wildman–Crippen LogP) is 2.32. The van der Waals surface area contributed by atoms with Gasteiger partial charge in [-0.25, -0.2) is 0 Å². The number of fused-ring (bicyclic) bond motifs is 1. The summed E-state index contributed by atoms with van der Waals surface area (Å²) in [4.78, 5) is 22.8. The van der Waals surface area contributed by atoms with Crippen LogP contribution in [0.4, 0.5) is 16.2 Å². The number of nitro benzene ring substituents is 1. The van der Waals surface area contributed by atoms with Crippen LogP contribution in [0.3, 0.4) is 0 Å². The lowest BCUT2D eigenvalue weighted by Gasteiger charge is -2.13. The van der Waals surface area contributed by atoms with Crippen LogP contribution in [-0.2, 0) is 6.42 Å². The molecular weight excluding hydrogens is 248 g/mol. The fraction of sp³-hybridized carbons (Fsp3) is 0.300. The second-order valence-electron chi connectivity index (χ2n) is 3.53. The molecule has 0 saturated carbocycles. The molecule has 1 aromatic carbocycles. The van der Waals surface area contributed by atoms with Crippen molar-refractivity contribution in [1.82, 2.24) is 0 Å². The van der Waals surface area contributed by atoms with Crippen molar-refractivity contribution in [3.05, 3.63) is 27.8 Å². The lowest BCUT2D eigenvalue weighted by molar-refractivity contribution is -0.384. The molecule has 0 unspecified atom stereocenters. The van der Waals surface area contributed by atoms with Gasteiger partial charge in [0.2, 0.25) is 0 Å². The zero-order valence-corrected chi connectivity index (χ0v) is 9.73.